The number of amides is 1. The summed E-state index contributed by atoms with van der Waals surface area (Å²) in [6.45, 7) is 0.217. The SMILES string of the molecule is O=C(NOCc1ccccc1)c1cnc2ccccn2c1=O. The molecule has 0 fully saturated rings. The number of fused-ring (bicyclic) bond motifs is 1. The highest BCUT2D eigenvalue weighted by Crippen LogP contribution is 2.00. The van der Waals surface area contributed by atoms with Crippen LogP contribution in [0.25, 0.3) is 5.65 Å². The number of aromatic nitrogens is 2. The monoisotopic (exact) mass is 295 g/mol. The summed E-state index contributed by atoms with van der Waals surface area (Å²) in [5.41, 5.74) is 3.14. The molecule has 1 N–H and O–H groups in total. The van der Waals surface area contributed by atoms with Gasteiger partial charge in [-0.25, -0.2) is 10.5 Å². The van der Waals surface area contributed by atoms with Crippen molar-refractivity contribution in [1.82, 2.24) is 14.9 Å². The van der Waals surface area contributed by atoms with Crippen molar-refractivity contribution in [3.8, 4) is 0 Å². The van der Waals surface area contributed by atoms with E-state index in [2.05, 4.69) is 10.5 Å². The van der Waals surface area contributed by atoms with Crippen molar-refractivity contribution in [3.63, 3.8) is 0 Å². The Bertz CT molecular complexity index is 859. The van der Waals surface area contributed by atoms with Crippen LogP contribution in [0.3, 0.4) is 0 Å². The molecule has 2 heterocycles. The second-order valence-electron chi connectivity index (χ2n) is 4.61. The Morgan fingerprint density at radius 3 is 2.73 bits per heavy atom. The van der Waals surface area contributed by atoms with E-state index in [0.717, 1.165) is 5.56 Å². The average molecular weight is 295 g/mol. The predicted molar refractivity (Wildman–Crippen MR) is 80.2 cm³/mol. The number of hydroxylamine groups is 1. The molecule has 0 saturated carbocycles. The van der Waals surface area contributed by atoms with E-state index >= 15 is 0 Å². The molecule has 0 spiro atoms. The Labute approximate surface area is 126 Å². The van der Waals surface area contributed by atoms with Crippen LogP contribution >= 0.6 is 0 Å². The van der Waals surface area contributed by atoms with Crippen molar-refractivity contribution in [2.45, 2.75) is 6.61 Å². The number of carbonyl (C=O) groups excluding carboxylic acids is 1. The number of carbonyl (C=O) groups is 1. The number of benzene rings is 1. The molecule has 0 unspecified atom stereocenters. The molecule has 0 aliphatic carbocycles. The van der Waals surface area contributed by atoms with Crippen LogP contribution in [0.5, 0.6) is 0 Å². The van der Waals surface area contributed by atoms with Crippen LogP contribution in [-0.2, 0) is 11.4 Å². The van der Waals surface area contributed by atoms with Gasteiger partial charge in [0.05, 0.1) is 6.61 Å². The minimum absolute atomic E-state index is 0.0724. The van der Waals surface area contributed by atoms with E-state index in [1.54, 1.807) is 24.4 Å². The van der Waals surface area contributed by atoms with Crippen LogP contribution < -0.4 is 11.0 Å². The standard InChI is InChI=1S/C16H13N3O3/c20-15(18-22-11-12-6-2-1-3-7-12)13-10-17-14-8-4-5-9-19(14)16(13)21/h1-10H,11H2,(H,18,20). The van der Waals surface area contributed by atoms with Crippen molar-refractivity contribution in [2.75, 3.05) is 0 Å². The number of nitrogens with zero attached hydrogens (tertiary/aromatic N) is 2. The van der Waals surface area contributed by atoms with Crippen molar-refractivity contribution in [2.24, 2.45) is 0 Å². The van der Waals surface area contributed by atoms with Gasteiger partial charge in [0.15, 0.2) is 0 Å². The molecule has 0 aliphatic rings. The van der Waals surface area contributed by atoms with Crippen molar-refractivity contribution in [3.05, 3.63) is 82.4 Å². The highest BCUT2D eigenvalue weighted by Gasteiger charge is 2.13. The fourth-order valence-electron chi connectivity index (χ4n) is 2.00. The second kappa shape index (κ2) is 6.19. The highest BCUT2D eigenvalue weighted by molar-refractivity contribution is 5.92. The topological polar surface area (TPSA) is 72.7 Å². The summed E-state index contributed by atoms with van der Waals surface area (Å²) in [5.74, 6) is -0.619. The highest BCUT2D eigenvalue weighted by atomic mass is 16.6. The molecule has 1 amide bonds. The lowest BCUT2D eigenvalue weighted by atomic mass is 10.2. The molecule has 0 bridgehead atoms. The van der Waals surface area contributed by atoms with Crippen LogP contribution in [0.1, 0.15) is 15.9 Å². The average Bonchev–Trinajstić information content (AvgIpc) is 2.56. The van der Waals surface area contributed by atoms with Gasteiger partial charge in [0.25, 0.3) is 11.5 Å². The molecule has 3 aromatic rings. The smallest absolute Gasteiger partial charge is 0.269 e. The number of hydrogen-bond acceptors (Lipinski definition) is 4. The summed E-state index contributed by atoms with van der Waals surface area (Å²) < 4.78 is 1.31. The van der Waals surface area contributed by atoms with Crippen molar-refractivity contribution in [1.29, 1.82) is 0 Å². The number of pyridine rings is 1. The van der Waals surface area contributed by atoms with Crippen molar-refractivity contribution < 1.29 is 9.63 Å². The molecule has 0 radical (unpaired) electrons. The third-order valence-corrected chi connectivity index (χ3v) is 3.10. The Morgan fingerprint density at radius 2 is 1.91 bits per heavy atom. The minimum Gasteiger partial charge on any atom is -0.269 e. The van der Waals surface area contributed by atoms with Crippen LogP contribution in [0, 0.1) is 0 Å². The first-order valence-corrected chi connectivity index (χ1v) is 6.68. The largest absolute Gasteiger partial charge is 0.282 e. The predicted octanol–water partition coefficient (Wildman–Crippen LogP) is 1.56. The zero-order valence-corrected chi connectivity index (χ0v) is 11.6. The van der Waals surface area contributed by atoms with E-state index in [9.17, 15) is 9.59 Å². The maximum Gasteiger partial charge on any atom is 0.282 e. The quantitative estimate of drug-likeness (QED) is 0.741. The van der Waals surface area contributed by atoms with E-state index in [1.807, 2.05) is 30.3 Å². The lowest BCUT2D eigenvalue weighted by Gasteiger charge is -2.06. The molecule has 0 atom stereocenters. The lowest BCUT2D eigenvalue weighted by Crippen LogP contribution is -2.31. The molecule has 2 aromatic heterocycles. The Kier molecular flexibility index (Phi) is 3.93. The van der Waals surface area contributed by atoms with E-state index < -0.39 is 11.5 Å². The first kappa shape index (κ1) is 14.0. The molecular formula is C16H13N3O3. The summed E-state index contributed by atoms with van der Waals surface area (Å²) in [6.07, 6.45) is 2.81. The van der Waals surface area contributed by atoms with Gasteiger partial charge < -0.3 is 0 Å². The molecule has 1 aromatic carbocycles. The van der Waals surface area contributed by atoms with Gasteiger partial charge in [-0.05, 0) is 17.7 Å². The molecular weight excluding hydrogens is 282 g/mol. The lowest BCUT2D eigenvalue weighted by molar-refractivity contribution is 0.0232. The first-order chi connectivity index (χ1) is 10.8. The van der Waals surface area contributed by atoms with Gasteiger partial charge in [0, 0.05) is 12.4 Å². The number of rotatable bonds is 4. The van der Waals surface area contributed by atoms with Crippen LogP contribution in [-0.4, -0.2) is 15.3 Å². The van der Waals surface area contributed by atoms with Gasteiger partial charge in [-0.3, -0.25) is 18.8 Å². The third kappa shape index (κ3) is 2.87. The zero-order chi connectivity index (χ0) is 15.4. The normalized spacial score (nSPS) is 10.5. The van der Waals surface area contributed by atoms with E-state index in [1.165, 1.54) is 10.6 Å². The van der Waals surface area contributed by atoms with Gasteiger partial charge in [-0.15, -0.1) is 0 Å². The Morgan fingerprint density at radius 1 is 1.14 bits per heavy atom. The fraction of sp³-hybridized carbons (Fsp3) is 0.0625. The summed E-state index contributed by atoms with van der Waals surface area (Å²) in [6, 6.07) is 14.5. The maximum atomic E-state index is 12.2. The van der Waals surface area contributed by atoms with E-state index in [4.69, 9.17) is 4.84 Å². The number of hydrogen-bond donors (Lipinski definition) is 1. The van der Waals surface area contributed by atoms with Gasteiger partial charge >= 0.3 is 0 Å². The molecule has 6 heteroatoms. The number of nitrogens with one attached hydrogen (secondary N) is 1. The fourth-order valence-corrected chi connectivity index (χ4v) is 2.00. The van der Waals surface area contributed by atoms with Gasteiger partial charge in [0.2, 0.25) is 0 Å². The van der Waals surface area contributed by atoms with Crippen molar-refractivity contribution >= 4 is 11.6 Å². The van der Waals surface area contributed by atoms with Gasteiger partial charge in [-0.1, -0.05) is 36.4 Å². The molecule has 0 saturated heterocycles. The minimum atomic E-state index is -0.619. The summed E-state index contributed by atoms with van der Waals surface area (Å²) >= 11 is 0. The summed E-state index contributed by atoms with van der Waals surface area (Å²) in [4.78, 5) is 33.4. The first-order valence-electron chi connectivity index (χ1n) is 6.68. The van der Waals surface area contributed by atoms with E-state index in [-0.39, 0.29) is 12.2 Å². The van der Waals surface area contributed by atoms with Gasteiger partial charge in [0.1, 0.15) is 11.2 Å². The van der Waals surface area contributed by atoms with Crippen LogP contribution in [0.4, 0.5) is 0 Å². The Balaban J connectivity index is 1.73. The van der Waals surface area contributed by atoms with Crippen LogP contribution in [0.2, 0.25) is 0 Å². The van der Waals surface area contributed by atoms with E-state index in [0.29, 0.717) is 5.65 Å². The Hall–Kier alpha value is -2.99. The molecule has 110 valence electrons. The van der Waals surface area contributed by atoms with Crippen LogP contribution in [0.15, 0.2) is 65.7 Å². The summed E-state index contributed by atoms with van der Waals surface area (Å²) in [5, 5.41) is 0. The molecule has 3 rings (SSSR count). The molecule has 22 heavy (non-hydrogen) atoms. The maximum absolute atomic E-state index is 12.2. The molecule has 0 aliphatic heterocycles. The second-order valence-corrected chi connectivity index (χ2v) is 4.61. The molecule has 6 nitrogen and oxygen atoms in total. The van der Waals surface area contributed by atoms with Gasteiger partial charge in [-0.2, -0.15) is 0 Å². The zero-order valence-electron chi connectivity index (χ0n) is 11.6. The summed E-state index contributed by atoms with van der Waals surface area (Å²) in [7, 11) is 0. The third-order valence-electron chi connectivity index (χ3n) is 3.10.